The number of aryl methyl sites for hydroxylation is 1. The molecule has 1 aliphatic rings. The number of nitrogens with one attached hydrogen (secondary N) is 1. The fourth-order valence-electron chi connectivity index (χ4n) is 2.38. The maximum atomic E-state index is 5.53. The average molecular weight is 235 g/mol. The molecule has 0 saturated carbocycles. The first-order chi connectivity index (χ1) is 8.26. The first-order valence-electron chi connectivity index (χ1n) is 6.40. The van der Waals surface area contributed by atoms with Crippen molar-refractivity contribution in [2.45, 2.75) is 45.3 Å². The number of aromatic nitrogens is 2. The minimum Gasteiger partial charge on any atom is -0.371 e. The minimum absolute atomic E-state index is 0.0136. The van der Waals surface area contributed by atoms with Gasteiger partial charge in [0.1, 0.15) is 6.10 Å². The summed E-state index contributed by atoms with van der Waals surface area (Å²) in [6, 6.07) is 0.412. The molecule has 2 unspecified atom stereocenters. The van der Waals surface area contributed by atoms with E-state index < -0.39 is 0 Å². The largest absolute Gasteiger partial charge is 0.371 e. The van der Waals surface area contributed by atoms with Gasteiger partial charge in [-0.3, -0.25) is 0 Å². The molecule has 0 amide bonds. The van der Waals surface area contributed by atoms with Gasteiger partial charge in [0.25, 0.3) is 0 Å². The Hall–Kier alpha value is -1.00. The van der Waals surface area contributed by atoms with E-state index in [1.165, 1.54) is 24.1 Å². The zero-order chi connectivity index (χ0) is 12.3. The average Bonchev–Trinajstić information content (AvgIpc) is 2.37. The quantitative estimate of drug-likeness (QED) is 0.869. The van der Waals surface area contributed by atoms with Crippen molar-refractivity contribution in [1.82, 2.24) is 15.3 Å². The van der Waals surface area contributed by atoms with Crippen LogP contribution in [0.5, 0.6) is 0 Å². The van der Waals surface area contributed by atoms with Crippen LogP contribution in [0.4, 0.5) is 0 Å². The normalized spacial score (nSPS) is 21.0. The van der Waals surface area contributed by atoms with Crippen molar-refractivity contribution in [2.24, 2.45) is 0 Å². The lowest BCUT2D eigenvalue weighted by Gasteiger charge is -2.24. The molecule has 0 fully saturated rings. The molecular weight excluding hydrogens is 214 g/mol. The first kappa shape index (κ1) is 12.5. The second-order valence-corrected chi connectivity index (χ2v) is 4.46. The Labute approximate surface area is 103 Å². The lowest BCUT2D eigenvalue weighted by Crippen LogP contribution is -2.23. The van der Waals surface area contributed by atoms with Gasteiger partial charge in [0.05, 0.1) is 0 Å². The molecule has 1 heterocycles. The highest BCUT2D eigenvalue weighted by Gasteiger charge is 2.21. The van der Waals surface area contributed by atoms with Gasteiger partial charge in [-0.25, -0.2) is 9.97 Å². The lowest BCUT2D eigenvalue weighted by molar-refractivity contribution is 0.0697. The highest BCUT2D eigenvalue weighted by molar-refractivity contribution is 5.24. The van der Waals surface area contributed by atoms with Crippen molar-refractivity contribution < 1.29 is 4.74 Å². The Morgan fingerprint density at radius 2 is 2.41 bits per heavy atom. The summed E-state index contributed by atoms with van der Waals surface area (Å²) in [4.78, 5) is 9.09. The smallest absolute Gasteiger partial charge is 0.157 e. The number of ether oxygens (including phenoxy) is 1. The molecule has 4 heteroatoms. The molecule has 94 valence electrons. The predicted octanol–water partition coefficient (Wildman–Crippen LogP) is 2.17. The molecule has 2 rings (SSSR count). The molecule has 1 N–H and O–H groups in total. The molecule has 1 aliphatic carbocycles. The molecule has 1 aromatic heterocycles. The number of nitrogens with zero attached hydrogens (tertiary/aromatic N) is 2. The van der Waals surface area contributed by atoms with Crippen LogP contribution in [0.2, 0.25) is 0 Å². The molecule has 1 aromatic rings. The van der Waals surface area contributed by atoms with Gasteiger partial charge in [-0.15, -0.1) is 0 Å². The van der Waals surface area contributed by atoms with E-state index in [9.17, 15) is 0 Å². The zero-order valence-corrected chi connectivity index (χ0v) is 10.9. The van der Waals surface area contributed by atoms with E-state index in [1.807, 2.05) is 27.1 Å². The van der Waals surface area contributed by atoms with Gasteiger partial charge in [0, 0.05) is 30.1 Å². The maximum absolute atomic E-state index is 5.53. The summed E-state index contributed by atoms with van der Waals surface area (Å²) < 4.78 is 5.53. The summed E-state index contributed by atoms with van der Waals surface area (Å²) in [5.41, 5.74) is 2.44. The van der Waals surface area contributed by atoms with E-state index in [0.29, 0.717) is 12.6 Å². The second-order valence-electron chi connectivity index (χ2n) is 4.46. The Balaban J connectivity index is 2.24. The highest BCUT2D eigenvalue weighted by atomic mass is 16.5. The van der Waals surface area contributed by atoms with E-state index in [4.69, 9.17) is 4.74 Å². The molecule has 0 radical (unpaired) electrons. The predicted molar refractivity (Wildman–Crippen MR) is 66.8 cm³/mol. The van der Waals surface area contributed by atoms with Crippen LogP contribution >= 0.6 is 0 Å². The maximum Gasteiger partial charge on any atom is 0.157 e. The molecule has 0 spiro atoms. The van der Waals surface area contributed by atoms with Gasteiger partial charge < -0.3 is 10.1 Å². The Morgan fingerprint density at radius 3 is 3.12 bits per heavy atom. The SMILES string of the molecule is CCOC(C)c1ncc2c(n1)CCCC2NC. The fraction of sp³-hybridized carbons (Fsp3) is 0.692. The van der Waals surface area contributed by atoms with Gasteiger partial charge in [-0.2, -0.15) is 0 Å². The van der Waals surface area contributed by atoms with Gasteiger partial charge in [-0.1, -0.05) is 0 Å². The van der Waals surface area contributed by atoms with E-state index in [1.54, 1.807) is 0 Å². The van der Waals surface area contributed by atoms with Crippen molar-refractivity contribution in [3.8, 4) is 0 Å². The number of hydrogen-bond donors (Lipinski definition) is 1. The fourth-order valence-corrected chi connectivity index (χ4v) is 2.38. The molecule has 2 atom stereocenters. The molecule has 4 nitrogen and oxygen atoms in total. The van der Waals surface area contributed by atoms with Gasteiger partial charge in [-0.05, 0) is 40.2 Å². The summed E-state index contributed by atoms with van der Waals surface area (Å²) in [5, 5.41) is 3.32. The highest BCUT2D eigenvalue weighted by Crippen LogP contribution is 2.28. The summed E-state index contributed by atoms with van der Waals surface area (Å²) in [5.74, 6) is 0.808. The van der Waals surface area contributed by atoms with Crippen LogP contribution in [0.3, 0.4) is 0 Å². The number of fused-ring (bicyclic) bond motifs is 1. The Kier molecular flexibility index (Phi) is 4.07. The number of hydrogen-bond acceptors (Lipinski definition) is 4. The zero-order valence-electron chi connectivity index (χ0n) is 10.9. The Bertz CT molecular complexity index is 381. The Morgan fingerprint density at radius 1 is 1.59 bits per heavy atom. The second kappa shape index (κ2) is 5.56. The molecular formula is C13H21N3O. The van der Waals surface area contributed by atoms with Crippen molar-refractivity contribution in [3.63, 3.8) is 0 Å². The topological polar surface area (TPSA) is 47.0 Å². The van der Waals surface area contributed by atoms with Gasteiger partial charge in [0.15, 0.2) is 5.82 Å². The van der Waals surface area contributed by atoms with E-state index in [0.717, 1.165) is 12.2 Å². The summed E-state index contributed by atoms with van der Waals surface area (Å²) in [7, 11) is 2.00. The third kappa shape index (κ3) is 2.64. The van der Waals surface area contributed by atoms with Crippen LogP contribution in [0.15, 0.2) is 6.20 Å². The summed E-state index contributed by atoms with van der Waals surface area (Å²) >= 11 is 0. The third-order valence-corrected chi connectivity index (χ3v) is 3.33. The van der Waals surface area contributed by atoms with Crippen molar-refractivity contribution in [2.75, 3.05) is 13.7 Å². The monoisotopic (exact) mass is 235 g/mol. The minimum atomic E-state index is -0.0136. The van der Waals surface area contributed by atoms with Crippen LogP contribution in [-0.2, 0) is 11.2 Å². The van der Waals surface area contributed by atoms with Crippen LogP contribution in [0, 0.1) is 0 Å². The van der Waals surface area contributed by atoms with Gasteiger partial charge in [0.2, 0.25) is 0 Å². The van der Waals surface area contributed by atoms with Crippen LogP contribution in [-0.4, -0.2) is 23.6 Å². The molecule has 0 aliphatic heterocycles. The van der Waals surface area contributed by atoms with Crippen LogP contribution in [0.25, 0.3) is 0 Å². The summed E-state index contributed by atoms with van der Waals surface area (Å²) in [6.07, 6.45) is 5.38. The van der Waals surface area contributed by atoms with Crippen molar-refractivity contribution in [3.05, 3.63) is 23.3 Å². The number of rotatable bonds is 4. The summed E-state index contributed by atoms with van der Waals surface area (Å²) in [6.45, 7) is 4.69. The van der Waals surface area contributed by atoms with Crippen molar-refractivity contribution >= 4 is 0 Å². The van der Waals surface area contributed by atoms with E-state index >= 15 is 0 Å². The molecule has 0 aromatic carbocycles. The van der Waals surface area contributed by atoms with Crippen molar-refractivity contribution in [1.29, 1.82) is 0 Å². The van der Waals surface area contributed by atoms with E-state index in [2.05, 4.69) is 15.3 Å². The molecule has 0 bridgehead atoms. The van der Waals surface area contributed by atoms with Gasteiger partial charge >= 0.3 is 0 Å². The molecule has 17 heavy (non-hydrogen) atoms. The van der Waals surface area contributed by atoms with E-state index in [-0.39, 0.29) is 6.10 Å². The standard InChI is InChI=1S/C13H21N3O/c1-4-17-9(2)13-15-8-10-11(14-3)6-5-7-12(10)16-13/h8-9,11,14H,4-7H2,1-3H3. The first-order valence-corrected chi connectivity index (χ1v) is 6.40. The third-order valence-electron chi connectivity index (χ3n) is 3.33. The molecule has 0 saturated heterocycles. The van der Waals surface area contributed by atoms with Crippen LogP contribution in [0.1, 0.15) is 55.9 Å². The lowest BCUT2D eigenvalue weighted by atomic mass is 9.92. The van der Waals surface area contributed by atoms with Crippen LogP contribution < -0.4 is 5.32 Å².